The molecule has 0 bridgehead atoms. The quantitative estimate of drug-likeness (QED) is 0.479. The third-order valence-electron chi connectivity index (χ3n) is 4.24. The van der Waals surface area contributed by atoms with Gasteiger partial charge in [-0.25, -0.2) is 0 Å². The van der Waals surface area contributed by atoms with Crippen molar-refractivity contribution in [2.24, 2.45) is 0 Å². The SMILES string of the molecule is CC(C)(C)[Si](C)(C)CCCCCCCCO. The van der Waals surface area contributed by atoms with Crippen LogP contribution in [-0.2, 0) is 0 Å². The summed E-state index contributed by atoms with van der Waals surface area (Å²) in [5, 5.41) is 9.22. The molecule has 0 saturated carbocycles. The van der Waals surface area contributed by atoms with Crippen LogP contribution >= 0.6 is 0 Å². The zero-order chi connectivity index (χ0) is 12.7. The fraction of sp³-hybridized carbons (Fsp3) is 1.00. The summed E-state index contributed by atoms with van der Waals surface area (Å²) in [5.74, 6) is 0. The van der Waals surface area contributed by atoms with Gasteiger partial charge in [-0.15, -0.1) is 0 Å². The molecule has 0 aromatic carbocycles. The Bertz CT molecular complexity index is 170. The fourth-order valence-corrected chi connectivity index (χ4v) is 3.64. The topological polar surface area (TPSA) is 20.2 Å². The average molecular weight is 244 g/mol. The molecular formula is C14H32OSi. The van der Waals surface area contributed by atoms with Gasteiger partial charge in [0.25, 0.3) is 0 Å². The fourth-order valence-electron chi connectivity index (χ4n) is 1.76. The van der Waals surface area contributed by atoms with Crippen molar-refractivity contribution in [2.45, 2.75) is 83.5 Å². The van der Waals surface area contributed by atoms with E-state index in [1.165, 1.54) is 38.1 Å². The van der Waals surface area contributed by atoms with Gasteiger partial charge >= 0.3 is 0 Å². The molecule has 0 atom stereocenters. The summed E-state index contributed by atoms with van der Waals surface area (Å²) in [4.78, 5) is 0. The Morgan fingerprint density at radius 2 is 1.25 bits per heavy atom. The van der Waals surface area contributed by atoms with Gasteiger partial charge in [-0.05, 0) is 11.5 Å². The van der Waals surface area contributed by atoms with Crippen molar-refractivity contribution in [1.29, 1.82) is 0 Å². The van der Waals surface area contributed by atoms with E-state index in [2.05, 4.69) is 33.9 Å². The lowest BCUT2D eigenvalue weighted by atomic mass is 10.1. The minimum Gasteiger partial charge on any atom is -0.396 e. The summed E-state index contributed by atoms with van der Waals surface area (Å²) in [6.45, 7) is 12.6. The number of hydrogen-bond acceptors (Lipinski definition) is 1. The zero-order valence-electron chi connectivity index (χ0n) is 12.1. The first-order chi connectivity index (χ1) is 7.31. The van der Waals surface area contributed by atoms with Crippen molar-refractivity contribution in [3.05, 3.63) is 0 Å². The first-order valence-electron chi connectivity index (χ1n) is 6.92. The lowest BCUT2D eigenvalue weighted by molar-refractivity contribution is 0.282. The molecule has 0 amide bonds. The molecule has 0 aromatic rings. The van der Waals surface area contributed by atoms with Crippen LogP contribution in [-0.4, -0.2) is 19.8 Å². The molecule has 0 aliphatic rings. The van der Waals surface area contributed by atoms with E-state index in [-0.39, 0.29) is 0 Å². The van der Waals surface area contributed by atoms with E-state index in [9.17, 15) is 0 Å². The Kier molecular flexibility index (Phi) is 7.58. The van der Waals surface area contributed by atoms with E-state index in [1.54, 1.807) is 0 Å². The normalized spacial score (nSPS) is 13.1. The highest BCUT2D eigenvalue weighted by Gasteiger charge is 2.33. The lowest BCUT2D eigenvalue weighted by Gasteiger charge is -2.37. The van der Waals surface area contributed by atoms with E-state index in [1.807, 2.05) is 0 Å². The standard InChI is InChI=1S/C14H32OSi/c1-14(2,3)16(4,5)13-11-9-7-6-8-10-12-15/h15H,6-13H2,1-5H3. The second kappa shape index (κ2) is 7.49. The third kappa shape index (κ3) is 6.69. The van der Waals surface area contributed by atoms with E-state index >= 15 is 0 Å². The van der Waals surface area contributed by atoms with Gasteiger partial charge < -0.3 is 5.11 Å². The van der Waals surface area contributed by atoms with E-state index in [0.717, 1.165) is 6.42 Å². The maximum atomic E-state index is 8.67. The summed E-state index contributed by atoms with van der Waals surface area (Å²) in [5.41, 5.74) is 0. The largest absolute Gasteiger partial charge is 0.396 e. The van der Waals surface area contributed by atoms with Gasteiger partial charge in [-0.2, -0.15) is 0 Å². The van der Waals surface area contributed by atoms with Crippen molar-refractivity contribution in [2.75, 3.05) is 6.61 Å². The molecule has 1 nitrogen and oxygen atoms in total. The molecule has 0 aliphatic heterocycles. The molecule has 0 unspecified atom stereocenters. The van der Waals surface area contributed by atoms with Crippen molar-refractivity contribution in [3.63, 3.8) is 0 Å². The molecule has 0 saturated heterocycles. The van der Waals surface area contributed by atoms with Crippen LogP contribution in [0.3, 0.4) is 0 Å². The number of aliphatic hydroxyl groups excluding tert-OH is 1. The Morgan fingerprint density at radius 3 is 1.69 bits per heavy atom. The molecule has 2 heteroatoms. The van der Waals surface area contributed by atoms with E-state index in [4.69, 9.17) is 5.11 Å². The molecule has 98 valence electrons. The number of hydrogen-bond donors (Lipinski definition) is 1. The van der Waals surface area contributed by atoms with Crippen molar-refractivity contribution < 1.29 is 5.11 Å². The minimum atomic E-state index is -1.02. The first-order valence-corrected chi connectivity index (χ1v) is 10.1. The minimum absolute atomic E-state index is 0.365. The second-order valence-electron chi connectivity index (χ2n) is 6.73. The highest BCUT2D eigenvalue weighted by atomic mass is 28.3. The smallest absolute Gasteiger partial charge is 0.0527 e. The van der Waals surface area contributed by atoms with Crippen molar-refractivity contribution in [1.82, 2.24) is 0 Å². The second-order valence-corrected chi connectivity index (χ2v) is 12.5. The average Bonchev–Trinajstić information content (AvgIpc) is 2.14. The van der Waals surface area contributed by atoms with Crippen LogP contribution in [0.4, 0.5) is 0 Å². The summed E-state index contributed by atoms with van der Waals surface area (Å²) in [7, 11) is -1.02. The van der Waals surface area contributed by atoms with Crippen LogP contribution in [0.15, 0.2) is 0 Å². The van der Waals surface area contributed by atoms with Gasteiger partial charge in [0.15, 0.2) is 0 Å². The third-order valence-corrected chi connectivity index (χ3v) is 9.90. The predicted octanol–water partition coefficient (Wildman–Crippen LogP) is 4.83. The van der Waals surface area contributed by atoms with Gasteiger partial charge in [-0.3, -0.25) is 0 Å². The molecule has 0 rings (SSSR count). The molecule has 0 fully saturated rings. The molecule has 0 aromatic heterocycles. The van der Waals surface area contributed by atoms with Crippen LogP contribution in [0, 0.1) is 0 Å². The van der Waals surface area contributed by atoms with Gasteiger partial charge in [0.2, 0.25) is 0 Å². The van der Waals surface area contributed by atoms with Gasteiger partial charge in [-0.1, -0.05) is 72.0 Å². The van der Waals surface area contributed by atoms with Crippen LogP contribution in [0.25, 0.3) is 0 Å². The number of unbranched alkanes of at least 4 members (excludes halogenated alkanes) is 5. The summed E-state index contributed by atoms with van der Waals surface area (Å²) in [6.07, 6.45) is 7.65. The Labute approximate surface area is 104 Å². The van der Waals surface area contributed by atoms with E-state index < -0.39 is 8.07 Å². The number of rotatable bonds is 8. The van der Waals surface area contributed by atoms with Crippen LogP contribution in [0.2, 0.25) is 24.2 Å². The summed E-state index contributed by atoms with van der Waals surface area (Å²) >= 11 is 0. The maximum Gasteiger partial charge on any atom is 0.0527 e. The predicted molar refractivity (Wildman–Crippen MR) is 76.8 cm³/mol. The molecule has 1 N–H and O–H groups in total. The number of aliphatic hydroxyl groups is 1. The molecule has 0 radical (unpaired) electrons. The van der Waals surface area contributed by atoms with Gasteiger partial charge in [0, 0.05) is 6.61 Å². The Morgan fingerprint density at radius 1 is 0.812 bits per heavy atom. The monoisotopic (exact) mass is 244 g/mol. The Hall–Kier alpha value is 0.177. The van der Waals surface area contributed by atoms with Gasteiger partial charge in [0.1, 0.15) is 0 Å². The van der Waals surface area contributed by atoms with Crippen LogP contribution in [0.5, 0.6) is 0 Å². The molecule has 0 spiro atoms. The molecular weight excluding hydrogens is 212 g/mol. The summed E-state index contributed by atoms with van der Waals surface area (Å²) < 4.78 is 0. The van der Waals surface area contributed by atoms with Gasteiger partial charge in [0.05, 0.1) is 8.07 Å². The van der Waals surface area contributed by atoms with E-state index in [0.29, 0.717) is 11.6 Å². The molecule has 0 heterocycles. The maximum absolute atomic E-state index is 8.67. The van der Waals surface area contributed by atoms with Crippen molar-refractivity contribution >= 4 is 8.07 Å². The zero-order valence-corrected chi connectivity index (χ0v) is 13.1. The molecule has 0 aliphatic carbocycles. The highest BCUT2D eigenvalue weighted by Crippen LogP contribution is 2.39. The van der Waals surface area contributed by atoms with Crippen LogP contribution in [0.1, 0.15) is 59.3 Å². The molecule has 16 heavy (non-hydrogen) atoms. The summed E-state index contributed by atoms with van der Waals surface area (Å²) in [6, 6.07) is 1.47. The Balaban J connectivity index is 3.51. The van der Waals surface area contributed by atoms with Crippen LogP contribution < -0.4 is 0 Å². The van der Waals surface area contributed by atoms with Crippen molar-refractivity contribution in [3.8, 4) is 0 Å². The highest BCUT2D eigenvalue weighted by molar-refractivity contribution is 6.80. The first kappa shape index (κ1) is 16.2. The lowest BCUT2D eigenvalue weighted by Crippen LogP contribution is -2.36.